The Morgan fingerprint density at radius 1 is 1.44 bits per heavy atom. The lowest BCUT2D eigenvalue weighted by Gasteiger charge is -2.32. The number of halogens is 2. The molecule has 0 amide bonds. The zero-order valence-electron chi connectivity index (χ0n) is 9.96. The predicted molar refractivity (Wildman–Crippen MR) is 56.6 cm³/mol. The summed E-state index contributed by atoms with van der Waals surface area (Å²) in [5.74, 6) is -5.35. The number of alkyl halides is 2. The number of aliphatic carboxylic acids is 1. The third kappa shape index (κ3) is 3.14. The van der Waals surface area contributed by atoms with E-state index in [0.717, 1.165) is 0 Å². The van der Waals surface area contributed by atoms with Crippen LogP contribution >= 0.6 is 0 Å². The third-order valence-corrected chi connectivity index (χ3v) is 3.12. The van der Waals surface area contributed by atoms with Crippen molar-refractivity contribution in [3.05, 3.63) is 0 Å². The van der Waals surface area contributed by atoms with Crippen molar-refractivity contribution in [2.75, 3.05) is 13.1 Å². The normalized spacial score (nSPS) is 23.7. The summed E-state index contributed by atoms with van der Waals surface area (Å²) in [6.07, 6.45) is -0.687. The molecule has 0 bridgehead atoms. The van der Waals surface area contributed by atoms with E-state index in [4.69, 9.17) is 5.11 Å². The first-order valence-corrected chi connectivity index (χ1v) is 5.47. The molecule has 1 heterocycles. The van der Waals surface area contributed by atoms with Gasteiger partial charge in [-0.3, -0.25) is 9.69 Å². The number of rotatable bonds is 3. The molecular formula is C11H19F2NO2. The Morgan fingerprint density at radius 3 is 2.38 bits per heavy atom. The van der Waals surface area contributed by atoms with Gasteiger partial charge in [0, 0.05) is 18.0 Å². The first-order chi connectivity index (χ1) is 7.13. The molecule has 1 atom stereocenters. The van der Waals surface area contributed by atoms with Crippen LogP contribution in [0.5, 0.6) is 0 Å². The second-order valence-corrected chi connectivity index (χ2v) is 5.43. The van der Waals surface area contributed by atoms with Crippen molar-refractivity contribution in [2.45, 2.75) is 45.1 Å². The Morgan fingerprint density at radius 2 is 2.00 bits per heavy atom. The van der Waals surface area contributed by atoms with E-state index in [1.165, 1.54) is 0 Å². The van der Waals surface area contributed by atoms with Gasteiger partial charge in [0.15, 0.2) is 0 Å². The van der Waals surface area contributed by atoms with Gasteiger partial charge in [-0.2, -0.15) is 0 Å². The molecule has 0 aromatic heterocycles. The summed E-state index contributed by atoms with van der Waals surface area (Å²) in [5.41, 5.74) is -0.131. The summed E-state index contributed by atoms with van der Waals surface area (Å²) in [5, 5.41) is 8.44. The number of carbonyl (C=O) groups is 1. The van der Waals surface area contributed by atoms with E-state index >= 15 is 0 Å². The number of nitrogens with zero attached hydrogens (tertiary/aromatic N) is 1. The predicted octanol–water partition coefficient (Wildman–Crippen LogP) is 2.22. The molecule has 1 aliphatic rings. The van der Waals surface area contributed by atoms with Gasteiger partial charge in [-0.25, -0.2) is 8.78 Å². The van der Waals surface area contributed by atoms with Crippen molar-refractivity contribution in [3.63, 3.8) is 0 Å². The highest BCUT2D eigenvalue weighted by Gasteiger charge is 2.46. The smallest absolute Gasteiger partial charge is 0.309 e. The Labute approximate surface area is 94.4 Å². The molecular weight excluding hydrogens is 216 g/mol. The molecule has 0 spiro atoms. The molecule has 3 nitrogen and oxygen atoms in total. The minimum Gasteiger partial charge on any atom is -0.481 e. The fourth-order valence-corrected chi connectivity index (χ4v) is 2.06. The Balaban J connectivity index is 2.62. The highest BCUT2D eigenvalue weighted by atomic mass is 19.3. The highest BCUT2D eigenvalue weighted by molar-refractivity contribution is 5.67. The minimum absolute atomic E-state index is 0.131. The molecule has 0 aromatic carbocycles. The average molecular weight is 235 g/mol. The molecule has 1 unspecified atom stereocenters. The zero-order chi connectivity index (χ0) is 12.6. The fraction of sp³-hybridized carbons (Fsp3) is 0.909. The lowest BCUT2D eigenvalue weighted by Crippen LogP contribution is -2.41. The summed E-state index contributed by atoms with van der Waals surface area (Å²) < 4.78 is 27.1. The van der Waals surface area contributed by atoms with Crippen LogP contribution in [0.2, 0.25) is 0 Å². The zero-order valence-corrected chi connectivity index (χ0v) is 9.96. The molecule has 1 rings (SSSR count). The second kappa shape index (κ2) is 4.28. The first-order valence-electron chi connectivity index (χ1n) is 5.47. The van der Waals surface area contributed by atoms with Gasteiger partial charge in [0.05, 0.1) is 0 Å². The Hall–Kier alpha value is -0.710. The van der Waals surface area contributed by atoms with E-state index in [0.29, 0.717) is 13.0 Å². The topological polar surface area (TPSA) is 40.5 Å². The van der Waals surface area contributed by atoms with Gasteiger partial charge in [-0.1, -0.05) is 0 Å². The van der Waals surface area contributed by atoms with Crippen LogP contribution in [-0.2, 0) is 4.79 Å². The highest BCUT2D eigenvalue weighted by Crippen LogP contribution is 2.37. The average Bonchev–Trinajstić information content (AvgIpc) is 2.47. The van der Waals surface area contributed by atoms with Crippen LogP contribution < -0.4 is 0 Å². The van der Waals surface area contributed by atoms with Crippen molar-refractivity contribution in [1.29, 1.82) is 0 Å². The van der Waals surface area contributed by atoms with Crippen molar-refractivity contribution >= 4 is 5.97 Å². The standard InChI is InChI=1S/C11H19F2NO2/c1-10(2,3)14-5-4-8(7-14)11(12,13)6-9(15)16/h8H,4-7H2,1-3H3,(H,15,16). The van der Waals surface area contributed by atoms with Crippen LogP contribution in [0.1, 0.15) is 33.6 Å². The quantitative estimate of drug-likeness (QED) is 0.815. The summed E-state index contributed by atoms with van der Waals surface area (Å²) in [6.45, 7) is 6.83. The van der Waals surface area contributed by atoms with Crippen LogP contribution in [0.3, 0.4) is 0 Å². The molecule has 0 saturated carbocycles. The molecule has 94 valence electrons. The maximum absolute atomic E-state index is 13.5. The van der Waals surface area contributed by atoms with Crippen molar-refractivity contribution in [1.82, 2.24) is 4.90 Å². The van der Waals surface area contributed by atoms with E-state index in [2.05, 4.69) is 0 Å². The number of likely N-dealkylation sites (tertiary alicyclic amines) is 1. The molecule has 1 aliphatic heterocycles. The lowest BCUT2D eigenvalue weighted by molar-refractivity contribution is -0.149. The maximum Gasteiger partial charge on any atom is 0.309 e. The van der Waals surface area contributed by atoms with Gasteiger partial charge in [0.1, 0.15) is 6.42 Å². The molecule has 0 aliphatic carbocycles. The molecule has 1 saturated heterocycles. The number of hydrogen-bond acceptors (Lipinski definition) is 2. The molecule has 0 radical (unpaired) electrons. The lowest BCUT2D eigenvalue weighted by atomic mass is 9.97. The van der Waals surface area contributed by atoms with Gasteiger partial charge in [-0.05, 0) is 33.7 Å². The summed E-state index contributed by atoms with van der Waals surface area (Å²) in [7, 11) is 0. The Kier molecular flexibility index (Phi) is 3.57. The minimum atomic E-state index is -3.09. The number of hydrogen-bond donors (Lipinski definition) is 1. The van der Waals surface area contributed by atoms with Crippen LogP contribution in [0, 0.1) is 5.92 Å². The fourth-order valence-electron chi connectivity index (χ4n) is 2.06. The Bertz CT molecular complexity index is 274. The van der Waals surface area contributed by atoms with E-state index in [1.807, 2.05) is 25.7 Å². The third-order valence-electron chi connectivity index (χ3n) is 3.12. The van der Waals surface area contributed by atoms with Gasteiger partial charge in [0.2, 0.25) is 0 Å². The van der Waals surface area contributed by atoms with Crippen LogP contribution in [-0.4, -0.2) is 40.5 Å². The van der Waals surface area contributed by atoms with E-state index in [-0.39, 0.29) is 12.1 Å². The summed E-state index contributed by atoms with van der Waals surface area (Å²) in [4.78, 5) is 12.3. The van der Waals surface area contributed by atoms with Crippen LogP contribution in [0.25, 0.3) is 0 Å². The number of carboxylic acid groups (broad SMARTS) is 1. The van der Waals surface area contributed by atoms with Crippen molar-refractivity contribution in [3.8, 4) is 0 Å². The molecule has 16 heavy (non-hydrogen) atoms. The largest absolute Gasteiger partial charge is 0.481 e. The second-order valence-electron chi connectivity index (χ2n) is 5.43. The van der Waals surface area contributed by atoms with Gasteiger partial charge in [-0.15, -0.1) is 0 Å². The van der Waals surface area contributed by atoms with Gasteiger partial charge < -0.3 is 5.11 Å². The maximum atomic E-state index is 13.5. The van der Waals surface area contributed by atoms with E-state index in [1.54, 1.807) is 0 Å². The molecule has 5 heteroatoms. The van der Waals surface area contributed by atoms with Gasteiger partial charge >= 0.3 is 5.97 Å². The van der Waals surface area contributed by atoms with E-state index in [9.17, 15) is 13.6 Å². The molecule has 1 N–H and O–H groups in total. The van der Waals surface area contributed by atoms with Gasteiger partial charge in [0.25, 0.3) is 5.92 Å². The van der Waals surface area contributed by atoms with Crippen molar-refractivity contribution < 1.29 is 18.7 Å². The molecule has 1 fully saturated rings. The summed E-state index contributed by atoms with van der Waals surface area (Å²) >= 11 is 0. The van der Waals surface area contributed by atoms with E-state index < -0.39 is 24.2 Å². The van der Waals surface area contributed by atoms with Crippen molar-refractivity contribution in [2.24, 2.45) is 5.92 Å². The SMILES string of the molecule is CC(C)(C)N1CCC(C(F)(F)CC(=O)O)C1. The van der Waals surface area contributed by atoms with Crippen LogP contribution in [0.15, 0.2) is 0 Å². The molecule has 0 aromatic rings. The monoisotopic (exact) mass is 235 g/mol. The summed E-state index contributed by atoms with van der Waals surface area (Å²) in [6, 6.07) is 0. The van der Waals surface area contributed by atoms with Crippen LogP contribution in [0.4, 0.5) is 8.78 Å². The first kappa shape index (κ1) is 13.4. The number of carboxylic acids is 1.